The molecule has 0 bridgehead atoms. The van der Waals surface area contributed by atoms with Crippen molar-refractivity contribution in [2.24, 2.45) is 0 Å². The molecule has 2 aromatic carbocycles. The van der Waals surface area contributed by atoms with Crippen LogP contribution in [0.5, 0.6) is 0 Å². The van der Waals surface area contributed by atoms with E-state index >= 15 is 0 Å². The average molecular weight is 365 g/mol. The molecule has 0 aliphatic heterocycles. The van der Waals surface area contributed by atoms with Gasteiger partial charge in [0.1, 0.15) is 0 Å². The van der Waals surface area contributed by atoms with E-state index in [1.54, 1.807) is 0 Å². The van der Waals surface area contributed by atoms with Gasteiger partial charge in [0, 0.05) is 17.3 Å². The molecule has 0 atom stereocenters. The molecule has 2 aromatic rings. The van der Waals surface area contributed by atoms with Crippen LogP contribution in [0.4, 0.5) is 5.69 Å². The first-order valence-corrected chi connectivity index (χ1v) is 8.15. The summed E-state index contributed by atoms with van der Waals surface area (Å²) < 4.78 is 0. The van der Waals surface area contributed by atoms with E-state index in [9.17, 15) is 0 Å². The smallest absolute Gasteiger partial charge is 0.189 e. The molecule has 4 N–H and O–H groups in total. The van der Waals surface area contributed by atoms with Crippen LogP contribution in [0.1, 0.15) is 11.1 Å². The fourth-order valence-electron chi connectivity index (χ4n) is 1.83. The van der Waals surface area contributed by atoms with Gasteiger partial charge in [0.2, 0.25) is 0 Å². The zero-order chi connectivity index (χ0) is 16.7. The minimum Gasteiger partial charge on any atom is -0.357 e. The van der Waals surface area contributed by atoms with Crippen LogP contribution in [0, 0.1) is 6.92 Å². The maximum Gasteiger partial charge on any atom is 0.189 e. The number of halogens is 1. The first kappa shape index (κ1) is 17.5. The molecule has 0 fully saturated rings. The Balaban J connectivity index is 1.75. The van der Waals surface area contributed by atoms with Gasteiger partial charge in [0.25, 0.3) is 0 Å². The van der Waals surface area contributed by atoms with Gasteiger partial charge in [-0.3, -0.25) is 10.9 Å². The standard InChI is InChI=1S/C16H17ClN4S2/c1-11-13(17)8-5-9-14(11)19-16(23)21-20-15(22)18-10-12-6-3-2-4-7-12/h2-9H,10H2,1H3,(H2,18,20,22)(H2,19,21,23). The maximum atomic E-state index is 6.07. The molecule has 0 heterocycles. The minimum absolute atomic E-state index is 0.402. The van der Waals surface area contributed by atoms with E-state index < -0.39 is 0 Å². The van der Waals surface area contributed by atoms with Crippen molar-refractivity contribution in [3.05, 3.63) is 64.7 Å². The third-order valence-corrected chi connectivity index (χ3v) is 3.96. The normalized spacial score (nSPS) is 9.83. The van der Waals surface area contributed by atoms with Gasteiger partial charge in [-0.2, -0.15) is 0 Å². The SMILES string of the molecule is Cc1c(Cl)cccc1NC(=S)NNC(=S)NCc1ccccc1. The number of rotatable bonds is 3. The van der Waals surface area contributed by atoms with Crippen LogP contribution >= 0.6 is 36.0 Å². The molecule has 0 aromatic heterocycles. The molecule has 0 saturated heterocycles. The van der Waals surface area contributed by atoms with Gasteiger partial charge in [-0.25, -0.2) is 0 Å². The van der Waals surface area contributed by atoms with Gasteiger partial charge in [0.05, 0.1) is 0 Å². The van der Waals surface area contributed by atoms with Crippen LogP contribution in [0.15, 0.2) is 48.5 Å². The lowest BCUT2D eigenvalue weighted by molar-refractivity contribution is 0.809. The summed E-state index contributed by atoms with van der Waals surface area (Å²) in [6, 6.07) is 15.6. The molecular formula is C16H17ClN4S2. The number of anilines is 1. The second-order valence-corrected chi connectivity index (χ2v) is 6.01. The van der Waals surface area contributed by atoms with Crippen molar-refractivity contribution in [1.29, 1.82) is 0 Å². The molecule has 2 rings (SSSR count). The van der Waals surface area contributed by atoms with Crippen molar-refractivity contribution in [2.45, 2.75) is 13.5 Å². The topological polar surface area (TPSA) is 48.1 Å². The zero-order valence-electron chi connectivity index (χ0n) is 12.5. The number of nitrogens with one attached hydrogen (secondary N) is 4. The first-order chi connectivity index (χ1) is 11.1. The van der Waals surface area contributed by atoms with Crippen LogP contribution in [-0.2, 0) is 6.54 Å². The van der Waals surface area contributed by atoms with Gasteiger partial charge in [0.15, 0.2) is 10.2 Å². The van der Waals surface area contributed by atoms with Gasteiger partial charge >= 0.3 is 0 Å². The molecule has 0 aliphatic rings. The third kappa shape index (κ3) is 5.67. The minimum atomic E-state index is 0.402. The van der Waals surface area contributed by atoms with Crippen molar-refractivity contribution in [3.8, 4) is 0 Å². The lowest BCUT2D eigenvalue weighted by Gasteiger charge is -2.15. The number of hydrogen-bond donors (Lipinski definition) is 4. The van der Waals surface area contributed by atoms with E-state index in [4.69, 9.17) is 36.0 Å². The van der Waals surface area contributed by atoms with Gasteiger partial charge in [-0.05, 0) is 54.6 Å². The molecule has 0 saturated carbocycles. The van der Waals surface area contributed by atoms with Crippen LogP contribution in [-0.4, -0.2) is 10.2 Å². The fraction of sp³-hybridized carbons (Fsp3) is 0.125. The van der Waals surface area contributed by atoms with E-state index in [1.165, 1.54) is 0 Å². The number of thiocarbonyl (C=S) groups is 2. The lowest BCUT2D eigenvalue weighted by Crippen LogP contribution is -2.48. The van der Waals surface area contributed by atoms with Crippen LogP contribution in [0.25, 0.3) is 0 Å². The molecule has 4 nitrogen and oxygen atoms in total. The number of hydrogen-bond acceptors (Lipinski definition) is 2. The Morgan fingerprint density at radius 3 is 2.39 bits per heavy atom. The molecule has 0 spiro atoms. The third-order valence-electron chi connectivity index (χ3n) is 3.10. The summed E-state index contributed by atoms with van der Waals surface area (Å²) >= 11 is 16.5. The molecule has 120 valence electrons. The Morgan fingerprint density at radius 2 is 1.65 bits per heavy atom. The monoisotopic (exact) mass is 364 g/mol. The molecule has 0 aliphatic carbocycles. The Hall–Kier alpha value is -1.89. The number of benzene rings is 2. The van der Waals surface area contributed by atoms with Crippen molar-refractivity contribution >= 4 is 51.9 Å². The highest BCUT2D eigenvalue weighted by Crippen LogP contribution is 2.22. The van der Waals surface area contributed by atoms with Crippen molar-refractivity contribution in [1.82, 2.24) is 16.2 Å². The zero-order valence-corrected chi connectivity index (χ0v) is 14.9. The van der Waals surface area contributed by atoms with Gasteiger partial charge in [-0.1, -0.05) is 48.0 Å². The van der Waals surface area contributed by atoms with Gasteiger partial charge < -0.3 is 10.6 Å². The molecule has 7 heteroatoms. The highest BCUT2D eigenvalue weighted by atomic mass is 35.5. The Bertz CT molecular complexity index is 692. The Morgan fingerprint density at radius 1 is 0.957 bits per heavy atom. The van der Waals surface area contributed by atoms with Gasteiger partial charge in [-0.15, -0.1) is 0 Å². The summed E-state index contributed by atoms with van der Waals surface area (Å²) in [4.78, 5) is 0. The second-order valence-electron chi connectivity index (χ2n) is 4.78. The van der Waals surface area contributed by atoms with Crippen LogP contribution < -0.4 is 21.5 Å². The summed E-state index contributed by atoms with van der Waals surface area (Å²) in [5.74, 6) is 0. The largest absolute Gasteiger partial charge is 0.357 e. The molecule has 0 unspecified atom stereocenters. The summed E-state index contributed by atoms with van der Waals surface area (Å²) in [5.41, 5.74) is 8.60. The van der Waals surface area contributed by atoms with Crippen LogP contribution in [0.3, 0.4) is 0 Å². The Kier molecular flexibility index (Phi) is 6.58. The fourth-order valence-corrected chi connectivity index (χ4v) is 2.29. The predicted molar refractivity (Wildman–Crippen MR) is 105 cm³/mol. The van der Waals surface area contributed by atoms with Crippen LogP contribution in [0.2, 0.25) is 5.02 Å². The van der Waals surface area contributed by atoms with E-state index in [1.807, 2.05) is 55.5 Å². The molecule has 0 radical (unpaired) electrons. The molecule has 0 amide bonds. The summed E-state index contributed by atoms with van der Waals surface area (Å²) in [6.45, 7) is 2.56. The highest BCUT2D eigenvalue weighted by Gasteiger charge is 2.04. The van der Waals surface area contributed by atoms with E-state index in [2.05, 4.69) is 21.5 Å². The second kappa shape index (κ2) is 8.67. The quantitative estimate of drug-likeness (QED) is 0.494. The molecule has 23 heavy (non-hydrogen) atoms. The maximum absolute atomic E-state index is 6.07. The van der Waals surface area contributed by atoms with Crippen molar-refractivity contribution < 1.29 is 0 Å². The summed E-state index contributed by atoms with van der Waals surface area (Å²) in [5, 5.41) is 7.70. The average Bonchev–Trinajstić information content (AvgIpc) is 2.56. The Labute approximate surface area is 151 Å². The summed E-state index contributed by atoms with van der Waals surface area (Å²) in [7, 11) is 0. The molecular weight excluding hydrogens is 348 g/mol. The first-order valence-electron chi connectivity index (χ1n) is 6.96. The predicted octanol–water partition coefficient (Wildman–Crippen LogP) is 3.51. The van der Waals surface area contributed by atoms with E-state index in [0.29, 0.717) is 21.8 Å². The highest BCUT2D eigenvalue weighted by molar-refractivity contribution is 7.80. The van der Waals surface area contributed by atoms with E-state index in [-0.39, 0.29) is 0 Å². The summed E-state index contributed by atoms with van der Waals surface area (Å²) in [6.07, 6.45) is 0. The van der Waals surface area contributed by atoms with Crippen molar-refractivity contribution in [3.63, 3.8) is 0 Å². The number of hydrazine groups is 1. The lowest BCUT2D eigenvalue weighted by atomic mass is 10.2. The van der Waals surface area contributed by atoms with Crippen molar-refractivity contribution in [2.75, 3.05) is 5.32 Å². The van der Waals surface area contributed by atoms with E-state index in [0.717, 1.165) is 16.8 Å².